The van der Waals surface area contributed by atoms with Crippen molar-refractivity contribution in [2.45, 2.75) is 97.2 Å². The van der Waals surface area contributed by atoms with E-state index in [1.54, 1.807) is 7.11 Å². The molecule has 1 amide bonds. The van der Waals surface area contributed by atoms with Crippen LogP contribution < -0.4 is 19.3 Å². The van der Waals surface area contributed by atoms with Crippen LogP contribution in [0, 0.1) is 11.8 Å². The number of hydrogen-bond acceptors (Lipinski definition) is 8. The normalized spacial score (nSPS) is 20.6. The highest BCUT2D eigenvalue weighted by Gasteiger charge is 2.36. The minimum absolute atomic E-state index is 0.0278. The zero-order valence-electron chi connectivity index (χ0n) is 34.5. The number of carbonyl (C=O) groups excluding carboxylic acids is 2. The Labute approximate surface area is 340 Å². The monoisotopic (exact) mass is 786 g/mol. The summed E-state index contributed by atoms with van der Waals surface area (Å²) < 4.78 is 17.2. The van der Waals surface area contributed by atoms with Crippen molar-refractivity contribution < 1.29 is 23.8 Å². The lowest BCUT2D eigenvalue weighted by Crippen LogP contribution is -2.51. The van der Waals surface area contributed by atoms with Gasteiger partial charge in [-0.15, -0.1) is 0 Å². The summed E-state index contributed by atoms with van der Waals surface area (Å²) in [5.74, 6) is 2.33. The molecule has 1 saturated carbocycles. The highest BCUT2D eigenvalue weighted by atomic mass is 35.5. The number of benzene rings is 3. The van der Waals surface area contributed by atoms with Gasteiger partial charge in [-0.05, 0) is 136 Å². The number of esters is 1. The summed E-state index contributed by atoms with van der Waals surface area (Å²) in [4.78, 5) is 35.5. The third kappa shape index (κ3) is 10.8. The first-order valence-electron chi connectivity index (χ1n) is 20.9. The molecule has 1 atom stereocenters. The maximum Gasteiger partial charge on any atom is 0.305 e. The Morgan fingerprint density at radius 1 is 0.893 bits per heavy atom. The third-order valence-electron chi connectivity index (χ3n) is 11.7. The molecule has 3 aliphatic rings. The van der Waals surface area contributed by atoms with Gasteiger partial charge in [0.15, 0.2) is 11.5 Å². The van der Waals surface area contributed by atoms with Gasteiger partial charge in [0.05, 0.1) is 32.3 Å². The Bertz CT molecular complexity index is 1730. The summed E-state index contributed by atoms with van der Waals surface area (Å²) in [5.41, 5.74) is 4.97. The maximum absolute atomic E-state index is 14.0. The van der Waals surface area contributed by atoms with Gasteiger partial charge < -0.3 is 28.9 Å². The molecular weight excluding hydrogens is 724 g/mol. The second kappa shape index (κ2) is 19.6. The number of unbranched alkanes of at least 4 members (excludes halogenated alkanes) is 1. The smallest absolute Gasteiger partial charge is 0.305 e. The average Bonchev–Trinajstić information content (AvgIpc) is 3.19. The van der Waals surface area contributed by atoms with Gasteiger partial charge in [-0.25, -0.2) is 0 Å². The van der Waals surface area contributed by atoms with Crippen molar-refractivity contribution in [2.24, 2.45) is 11.8 Å². The number of fused-ring (bicyclic) bond motifs is 1. The van der Waals surface area contributed by atoms with Crippen molar-refractivity contribution in [1.82, 2.24) is 9.80 Å². The summed E-state index contributed by atoms with van der Waals surface area (Å²) in [5, 5.41) is 0.655. The molecule has 2 fully saturated rings. The molecular formula is C46H63ClN4O5. The van der Waals surface area contributed by atoms with Crippen LogP contribution in [0.15, 0.2) is 60.7 Å². The quantitative estimate of drug-likeness (QED) is 0.105. The number of piperazine rings is 1. The number of amides is 1. The first-order valence-corrected chi connectivity index (χ1v) is 21.2. The van der Waals surface area contributed by atoms with E-state index in [0.717, 1.165) is 80.2 Å². The van der Waals surface area contributed by atoms with E-state index in [-0.39, 0.29) is 30.4 Å². The van der Waals surface area contributed by atoms with Gasteiger partial charge >= 0.3 is 5.97 Å². The fourth-order valence-corrected chi connectivity index (χ4v) is 8.80. The summed E-state index contributed by atoms with van der Waals surface area (Å²) in [6, 6.07) is 20.6. The molecule has 3 aromatic rings. The molecule has 0 unspecified atom stereocenters. The van der Waals surface area contributed by atoms with Crippen molar-refractivity contribution >= 4 is 34.9 Å². The molecule has 2 aliphatic heterocycles. The second-order valence-electron chi connectivity index (χ2n) is 16.7. The number of anilines is 2. The van der Waals surface area contributed by atoms with E-state index in [0.29, 0.717) is 47.4 Å². The zero-order chi connectivity index (χ0) is 39.8. The largest absolute Gasteiger partial charge is 0.493 e. The molecule has 1 saturated heterocycles. The minimum atomic E-state index is -0.345. The summed E-state index contributed by atoms with van der Waals surface area (Å²) in [6.07, 6.45) is 7.75. The Hall–Kier alpha value is -3.79. The molecule has 2 heterocycles. The van der Waals surface area contributed by atoms with Gasteiger partial charge in [-0.2, -0.15) is 0 Å². The molecule has 0 radical (unpaired) electrons. The summed E-state index contributed by atoms with van der Waals surface area (Å²) in [7, 11) is 3.83. The van der Waals surface area contributed by atoms with Gasteiger partial charge in [0, 0.05) is 68.6 Å². The molecule has 304 valence electrons. The van der Waals surface area contributed by atoms with Gasteiger partial charge in [-0.3, -0.25) is 14.5 Å². The Morgan fingerprint density at radius 3 is 2.23 bits per heavy atom. The van der Waals surface area contributed by atoms with Crippen LogP contribution in [-0.2, 0) is 20.7 Å². The molecule has 0 aromatic heterocycles. The number of halogens is 1. The maximum atomic E-state index is 14.0. The van der Waals surface area contributed by atoms with E-state index in [4.69, 9.17) is 25.8 Å². The lowest BCUT2D eigenvalue weighted by Gasteiger charge is -2.42. The number of methoxy groups -OCH3 is 1. The lowest BCUT2D eigenvalue weighted by atomic mass is 9.84. The number of nitrogens with zero attached hydrogens (tertiary/aromatic N) is 4. The number of ether oxygens (including phenoxy) is 3. The van der Waals surface area contributed by atoms with E-state index < -0.39 is 0 Å². The van der Waals surface area contributed by atoms with Crippen LogP contribution in [0.5, 0.6) is 11.5 Å². The number of rotatable bonds is 16. The fraction of sp³-hybridized carbons (Fsp3) is 0.565. The van der Waals surface area contributed by atoms with Crippen molar-refractivity contribution in [1.29, 1.82) is 0 Å². The highest BCUT2D eigenvalue weighted by molar-refractivity contribution is 6.30. The van der Waals surface area contributed by atoms with E-state index >= 15 is 0 Å². The predicted octanol–water partition coefficient (Wildman–Crippen LogP) is 8.80. The molecule has 56 heavy (non-hydrogen) atoms. The van der Waals surface area contributed by atoms with Crippen LogP contribution in [0.2, 0.25) is 5.02 Å². The van der Waals surface area contributed by atoms with Crippen LogP contribution in [0.3, 0.4) is 0 Å². The van der Waals surface area contributed by atoms with Crippen LogP contribution >= 0.6 is 11.6 Å². The van der Waals surface area contributed by atoms with Crippen molar-refractivity contribution in [3.8, 4) is 11.5 Å². The van der Waals surface area contributed by atoms with E-state index in [2.05, 4.69) is 59.9 Å². The van der Waals surface area contributed by atoms with Crippen molar-refractivity contribution in [3.05, 3.63) is 82.4 Å². The molecule has 9 nitrogen and oxygen atoms in total. The number of hydrogen-bond donors (Lipinski definition) is 0. The van der Waals surface area contributed by atoms with E-state index in [1.807, 2.05) is 55.1 Å². The van der Waals surface area contributed by atoms with Gasteiger partial charge in [0.25, 0.3) is 0 Å². The third-order valence-corrected chi connectivity index (χ3v) is 11.9. The standard InChI is InChI=1S/C46H63ClN4O5/c1-32(2)31-55-45(53)9-7-8-22-49-23-25-50(26-24-49)39-16-10-34(11-17-39)30-48(5)38-18-20-40(21-19-38)51-44(52)28-36-27-42(54-6)43(56-33(3)4)29-41(36)46(51)35-12-14-37(47)15-13-35/h12-15,18-21,27,29,32-34,39,46H,7-11,16-17,22-26,28,30-31H2,1-6H3/t34-,39-,46-/m0/s1. The number of carbonyl (C=O) groups is 2. The van der Waals surface area contributed by atoms with Crippen molar-refractivity contribution in [2.75, 3.05) is 69.8 Å². The highest BCUT2D eigenvalue weighted by Crippen LogP contribution is 2.44. The molecule has 0 N–H and O–H groups in total. The van der Waals surface area contributed by atoms with Crippen LogP contribution in [-0.4, -0.2) is 93.9 Å². The van der Waals surface area contributed by atoms with Crippen LogP contribution in [0.25, 0.3) is 0 Å². The minimum Gasteiger partial charge on any atom is -0.493 e. The summed E-state index contributed by atoms with van der Waals surface area (Å²) in [6.45, 7) is 15.3. The van der Waals surface area contributed by atoms with Crippen LogP contribution in [0.4, 0.5) is 11.4 Å². The zero-order valence-corrected chi connectivity index (χ0v) is 35.2. The van der Waals surface area contributed by atoms with Crippen molar-refractivity contribution in [3.63, 3.8) is 0 Å². The molecule has 0 spiro atoms. The first kappa shape index (κ1) is 41.8. The van der Waals surface area contributed by atoms with E-state index in [1.165, 1.54) is 25.7 Å². The molecule has 0 bridgehead atoms. The lowest BCUT2D eigenvalue weighted by molar-refractivity contribution is -0.144. The fourth-order valence-electron chi connectivity index (χ4n) is 8.67. The Balaban J connectivity index is 1.02. The van der Waals surface area contributed by atoms with Gasteiger partial charge in [-0.1, -0.05) is 37.6 Å². The molecule has 3 aromatic carbocycles. The average molecular weight is 787 g/mol. The molecule has 10 heteroatoms. The topological polar surface area (TPSA) is 74.8 Å². The summed E-state index contributed by atoms with van der Waals surface area (Å²) >= 11 is 6.32. The predicted molar refractivity (Wildman–Crippen MR) is 226 cm³/mol. The Morgan fingerprint density at radius 2 is 1.59 bits per heavy atom. The second-order valence-corrected chi connectivity index (χ2v) is 17.2. The van der Waals surface area contributed by atoms with Gasteiger partial charge in [0.2, 0.25) is 5.91 Å². The molecule has 6 rings (SSSR count). The Kier molecular flexibility index (Phi) is 14.6. The van der Waals surface area contributed by atoms with Crippen LogP contribution in [0.1, 0.15) is 95.4 Å². The van der Waals surface area contributed by atoms with Gasteiger partial charge in [0.1, 0.15) is 0 Å². The first-order chi connectivity index (χ1) is 27.0. The SMILES string of the molecule is COc1cc2c(cc1OC(C)C)[C@H](c1ccc(Cl)cc1)N(c1ccc(N(C)C[C@H]3CC[C@H](N4CCN(CCCCC(=O)OCC(C)C)CC4)CC3)cc1)C(=O)C2. The van der Waals surface area contributed by atoms with E-state index in [9.17, 15) is 9.59 Å². The molecule has 1 aliphatic carbocycles.